The molecule has 104 valence electrons. The first-order chi connectivity index (χ1) is 9.61. The third-order valence-electron chi connectivity index (χ3n) is 6.13. The quantitative estimate of drug-likeness (QED) is 0.713. The van der Waals surface area contributed by atoms with Gasteiger partial charge in [0, 0.05) is 6.92 Å². The number of nitriles is 1. The predicted molar refractivity (Wildman–Crippen MR) is 76.2 cm³/mol. The first kappa shape index (κ1) is 13.5. The zero-order chi connectivity index (χ0) is 14.3. The van der Waals surface area contributed by atoms with Crippen molar-refractivity contribution in [3.05, 3.63) is 22.8 Å². The van der Waals surface area contributed by atoms with Gasteiger partial charge in [0.25, 0.3) is 0 Å². The molecule has 3 heteroatoms. The molecule has 0 radical (unpaired) electrons. The summed E-state index contributed by atoms with van der Waals surface area (Å²) >= 11 is 0. The SMILES string of the molecule is [C-]#[N+]C(C)C(C(C#N)[N+]#[C-])C12CC3CC(CC(C3)C1)C2. The van der Waals surface area contributed by atoms with E-state index in [4.69, 9.17) is 13.1 Å². The summed E-state index contributed by atoms with van der Waals surface area (Å²) < 4.78 is 0. The van der Waals surface area contributed by atoms with Crippen LogP contribution in [0.25, 0.3) is 9.69 Å². The molecule has 20 heavy (non-hydrogen) atoms. The molecule has 3 atom stereocenters. The molecule has 3 nitrogen and oxygen atoms in total. The van der Waals surface area contributed by atoms with Gasteiger partial charge >= 0.3 is 6.04 Å². The molecule has 0 aromatic heterocycles. The van der Waals surface area contributed by atoms with E-state index in [0.29, 0.717) is 0 Å². The molecule has 0 N–H and O–H groups in total. The van der Waals surface area contributed by atoms with Crippen LogP contribution in [-0.4, -0.2) is 12.1 Å². The highest BCUT2D eigenvalue weighted by molar-refractivity contribution is 5.16. The van der Waals surface area contributed by atoms with Crippen molar-refractivity contribution in [2.24, 2.45) is 29.1 Å². The smallest absolute Gasteiger partial charge is 0.313 e. The summed E-state index contributed by atoms with van der Waals surface area (Å²) in [6.45, 7) is 16.7. The van der Waals surface area contributed by atoms with Crippen molar-refractivity contribution < 1.29 is 0 Å². The summed E-state index contributed by atoms with van der Waals surface area (Å²) in [6, 6.07) is 1.36. The molecule has 0 aliphatic heterocycles. The van der Waals surface area contributed by atoms with Crippen LogP contribution in [0.4, 0.5) is 0 Å². The summed E-state index contributed by atoms with van der Waals surface area (Å²) in [4.78, 5) is 7.30. The van der Waals surface area contributed by atoms with Gasteiger partial charge in [-0.2, -0.15) is 5.26 Å². The van der Waals surface area contributed by atoms with Crippen LogP contribution in [0.3, 0.4) is 0 Å². The average Bonchev–Trinajstić information content (AvgIpc) is 2.42. The second-order valence-electron chi connectivity index (χ2n) is 7.38. The average molecular weight is 267 g/mol. The Kier molecular flexibility index (Phi) is 3.22. The van der Waals surface area contributed by atoms with Gasteiger partial charge in [0.1, 0.15) is 5.92 Å². The van der Waals surface area contributed by atoms with Gasteiger partial charge in [0.15, 0.2) is 6.07 Å². The van der Waals surface area contributed by atoms with Crippen LogP contribution >= 0.6 is 0 Å². The number of hydrogen-bond acceptors (Lipinski definition) is 1. The Morgan fingerprint density at radius 1 is 1.05 bits per heavy atom. The third-order valence-corrected chi connectivity index (χ3v) is 6.13. The van der Waals surface area contributed by atoms with E-state index in [1.54, 1.807) is 0 Å². The van der Waals surface area contributed by atoms with Gasteiger partial charge in [-0.05, 0) is 61.7 Å². The van der Waals surface area contributed by atoms with Gasteiger partial charge in [-0.25, -0.2) is 13.1 Å². The summed E-state index contributed by atoms with van der Waals surface area (Å²) in [5.74, 6) is 2.35. The van der Waals surface area contributed by atoms with E-state index in [9.17, 15) is 5.26 Å². The van der Waals surface area contributed by atoms with Gasteiger partial charge in [-0.3, -0.25) is 4.85 Å². The largest absolute Gasteiger partial charge is 0.317 e. The molecule has 0 amide bonds. The molecule has 0 heterocycles. The predicted octanol–water partition coefficient (Wildman–Crippen LogP) is 3.94. The van der Waals surface area contributed by atoms with Crippen molar-refractivity contribution in [3.8, 4) is 6.07 Å². The normalized spacial score (nSPS) is 42.0. The lowest BCUT2D eigenvalue weighted by molar-refractivity contribution is -0.0892. The van der Waals surface area contributed by atoms with E-state index in [1.165, 1.54) is 19.3 Å². The van der Waals surface area contributed by atoms with E-state index in [-0.39, 0.29) is 17.4 Å². The van der Waals surface area contributed by atoms with Crippen LogP contribution in [0.1, 0.15) is 45.4 Å². The maximum atomic E-state index is 9.38. The molecule has 4 fully saturated rings. The zero-order valence-corrected chi connectivity index (χ0v) is 12.0. The molecule has 4 aliphatic carbocycles. The highest BCUT2D eigenvalue weighted by Crippen LogP contribution is 2.64. The summed E-state index contributed by atoms with van der Waals surface area (Å²) in [5, 5.41) is 9.38. The van der Waals surface area contributed by atoms with E-state index in [0.717, 1.165) is 37.0 Å². The second kappa shape index (κ2) is 4.79. The second-order valence-corrected chi connectivity index (χ2v) is 7.38. The van der Waals surface area contributed by atoms with Crippen LogP contribution in [0.5, 0.6) is 0 Å². The fraction of sp³-hybridized carbons (Fsp3) is 0.824. The Bertz CT molecular complexity index is 467. The van der Waals surface area contributed by atoms with Crippen molar-refractivity contribution in [2.75, 3.05) is 0 Å². The van der Waals surface area contributed by atoms with Crippen LogP contribution in [0.2, 0.25) is 0 Å². The maximum absolute atomic E-state index is 9.38. The standard InChI is InChI=1S/C17H21N3/c1-11(19-2)16(15(10-18)20-3)17-7-12-4-13(8-17)6-14(5-12)9-17/h11-16H,4-9H2,1H3. The Balaban J connectivity index is 1.97. The lowest BCUT2D eigenvalue weighted by atomic mass is 9.45. The Morgan fingerprint density at radius 3 is 1.90 bits per heavy atom. The van der Waals surface area contributed by atoms with Crippen molar-refractivity contribution in [1.29, 1.82) is 5.26 Å². The van der Waals surface area contributed by atoms with E-state index in [2.05, 4.69) is 15.8 Å². The Morgan fingerprint density at radius 2 is 1.55 bits per heavy atom. The summed E-state index contributed by atoms with van der Waals surface area (Å²) in [5.41, 5.74) is 0.115. The zero-order valence-electron chi connectivity index (χ0n) is 12.0. The first-order valence-electron chi connectivity index (χ1n) is 7.74. The Hall–Kier alpha value is -1.53. The van der Waals surface area contributed by atoms with Gasteiger partial charge in [-0.15, -0.1) is 0 Å². The topological polar surface area (TPSA) is 32.5 Å². The van der Waals surface area contributed by atoms with Gasteiger partial charge in [0.05, 0.1) is 0 Å². The molecule has 0 aromatic rings. The van der Waals surface area contributed by atoms with Crippen molar-refractivity contribution >= 4 is 0 Å². The molecule has 3 unspecified atom stereocenters. The molecule has 0 saturated heterocycles. The van der Waals surface area contributed by atoms with Crippen molar-refractivity contribution in [3.63, 3.8) is 0 Å². The monoisotopic (exact) mass is 267 g/mol. The van der Waals surface area contributed by atoms with Crippen LogP contribution in [-0.2, 0) is 0 Å². The van der Waals surface area contributed by atoms with Gasteiger partial charge < -0.3 is 4.85 Å². The lowest BCUT2D eigenvalue weighted by Crippen LogP contribution is -2.53. The Labute approximate surface area is 121 Å². The summed E-state index contributed by atoms with van der Waals surface area (Å²) in [6.07, 6.45) is 7.56. The minimum atomic E-state index is -0.629. The maximum Gasteiger partial charge on any atom is 0.317 e. The highest BCUT2D eigenvalue weighted by atomic mass is 14.8. The van der Waals surface area contributed by atoms with Crippen molar-refractivity contribution in [1.82, 2.24) is 0 Å². The number of nitrogens with zero attached hydrogens (tertiary/aromatic N) is 3. The van der Waals surface area contributed by atoms with E-state index < -0.39 is 6.04 Å². The molecule has 0 aromatic carbocycles. The minimum absolute atomic E-state index is 0.0455. The fourth-order valence-electron chi connectivity index (χ4n) is 5.97. The summed E-state index contributed by atoms with van der Waals surface area (Å²) in [7, 11) is 0. The fourth-order valence-corrected chi connectivity index (χ4v) is 5.97. The molecule has 4 aliphatic rings. The molecule has 0 spiro atoms. The lowest BCUT2D eigenvalue weighted by Gasteiger charge is -2.58. The molecule has 4 saturated carbocycles. The van der Waals surface area contributed by atoms with Gasteiger partial charge in [0.2, 0.25) is 6.04 Å². The minimum Gasteiger partial charge on any atom is -0.313 e. The molecule has 4 bridgehead atoms. The van der Waals surface area contributed by atoms with Crippen LogP contribution in [0, 0.1) is 53.6 Å². The number of hydrogen-bond donors (Lipinski definition) is 0. The molecular weight excluding hydrogens is 246 g/mol. The van der Waals surface area contributed by atoms with E-state index >= 15 is 0 Å². The van der Waals surface area contributed by atoms with Gasteiger partial charge in [-0.1, -0.05) is 0 Å². The third kappa shape index (κ3) is 1.91. The highest BCUT2D eigenvalue weighted by Gasteiger charge is 2.60. The van der Waals surface area contributed by atoms with Crippen LogP contribution in [0.15, 0.2) is 0 Å². The van der Waals surface area contributed by atoms with E-state index in [1.807, 2.05) is 6.92 Å². The molecular formula is C17H21N3. The van der Waals surface area contributed by atoms with Crippen LogP contribution < -0.4 is 0 Å². The van der Waals surface area contributed by atoms with Crippen molar-refractivity contribution in [2.45, 2.75) is 57.5 Å². The molecule has 4 rings (SSSR count). The number of rotatable bonds is 3. The first-order valence-corrected chi connectivity index (χ1v) is 7.74.